The van der Waals surface area contributed by atoms with E-state index in [1.807, 2.05) is 0 Å². The lowest BCUT2D eigenvalue weighted by Crippen LogP contribution is -2.15. The first-order valence-corrected chi connectivity index (χ1v) is 6.03. The molecule has 0 saturated carbocycles. The molecule has 1 rings (SSSR count). The second-order valence-corrected chi connectivity index (χ2v) is 4.37. The molecule has 8 heteroatoms. The Morgan fingerprint density at radius 2 is 2.28 bits per heavy atom. The normalized spacial score (nSPS) is 21.2. The minimum atomic E-state index is -0.516. The molecule has 1 aliphatic heterocycles. The summed E-state index contributed by atoms with van der Waals surface area (Å²) in [6, 6.07) is 0. The summed E-state index contributed by atoms with van der Waals surface area (Å²) in [4.78, 5) is 11.3. The maximum atomic E-state index is 11.3. The molecule has 0 aromatic rings. The molecule has 0 amide bonds. The van der Waals surface area contributed by atoms with Crippen LogP contribution >= 0.6 is 11.8 Å². The first-order chi connectivity index (χ1) is 8.56. The highest BCUT2D eigenvalue weighted by Crippen LogP contribution is 2.20. The van der Waals surface area contributed by atoms with E-state index in [1.54, 1.807) is 20.8 Å². The predicted octanol–water partition coefficient (Wildman–Crippen LogP) is 1.31. The van der Waals surface area contributed by atoms with Crippen LogP contribution in [0.1, 0.15) is 20.8 Å². The fraction of sp³-hybridized carbons (Fsp3) is 0.400. The summed E-state index contributed by atoms with van der Waals surface area (Å²) >= 11 is 1.08. The molecule has 1 saturated heterocycles. The molecule has 0 aliphatic carbocycles. The van der Waals surface area contributed by atoms with Gasteiger partial charge in [-0.05, 0) is 32.5 Å². The van der Waals surface area contributed by atoms with E-state index in [0.29, 0.717) is 10.9 Å². The van der Waals surface area contributed by atoms with Gasteiger partial charge in [-0.2, -0.15) is 5.10 Å². The zero-order valence-electron chi connectivity index (χ0n) is 10.3. The Morgan fingerprint density at radius 1 is 1.56 bits per heavy atom. The highest BCUT2D eigenvalue weighted by Gasteiger charge is 2.24. The third kappa shape index (κ3) is 4.21. The molecule has 0 unspecified atom stereocenters. The third-order valence-electron chi connectivity index (χ3n) is 1.65. The fourth-order valence-corrected chi connectivity index (χ4v) is 1.69. The Labute approximate surface area is 109 Å². The number of rotatable bonds is 3. The number of thioether (sulfide) groups is 1. The number of carbonyl (C=O) groups is 1. The second-order valence-electron chi connectivity index (χ2n) is 3.39. The van der Waals surface area contributed by atoms with Gasteiger partial charge in [-0.15, -0.1) is 5.10 Å². The van der Waals surface area contributed by atoms with E-state index in [4.69, 9.17) is 9.94 Å². The number of amidine groups is 1. The zero-order chi connectivity index (χ0) is 13.5. The van der Waals surface area contributed by atoms with Gasteiger partial charge in [-0.25, -0.2) is 4.79 Å². The first-order valence-electron chi connectivity index (χ1n) is 5.21. The van der Waals surface area contributed by atoms with Crippen LogP contribution in [0.3, 0.4) is 0 Å². The van der Waals surface area contributed by atoms with Crippen molar-refractivity contribution in [1.82, 2.24) is 5.32 Å². The average molecular weight is 270 g/mol. The molecule has 1 heterocycles. The van der Waals surface area contributed by atoms with Crippen LogP contribution in [0.25, 0.3) is 0 Å². The third-order valence-corrected chi connectivity index (χ3v) is 2.52. The van der Waals surface area contributed by atoms with Crippen molar-refractivity contribution in [2.24, 2.45) is 15.4 Å². The Morgan fingerprint density at radius 3 is 2.83 bits per heavy atom. The summed E-state index contributed by atoms with van der Waals surface area (Å²) in [5, 5.41) is 23.1. The SMILES string of the molecule is CCOC(=O)C=C1NC(=NN=C(C)C)SC1=NO. The van der Waals surface area contributed by atoms with E-state index >= 15 is 0 Å². The number of ether oxygens (including phenoxy) is 1. The number of nitrogens with zero attached hydrogens (tertiary/aromatic N) is 3. The van der Waals surface area contributed by atoms with E-state index in [9.17, 15) is 4.79 Å². The van der Waals surface area contributed by atoms with Gasteiger partial charge in [0.25, 0.3) is 0 Å². The van der Waals surface area contributed by atoms with Crippen LogP contribution in [0.4, 0.5) is 0 Å². The van der Waals surface area contributed by atoms with Gasteiger partial charge in [0, 0.05) is 11.8 Å². The number of carbonyl (C=O) groups excluding carboxylic acids is 1. The molecule has 0 bridgehead atoms. The Balaban J connectivity index is 2.86. The van der Waals surface area contributed by atoms with Gasteiger partial charge >= 0.3 is 5.97 Å². The summed E-state index contributed by atoms with van der Waals surface area (Å²) < 4.78 is 4.76. The monoisotopic (exact) mass is 270 g/mol. The Hall–Kier alpha value is -1.83. The highest BCUT2D eigenvalue weighted by molar-refractivity contribution is 8.27. The molecule has 7 nitrogen and oxygen atoms in total. The minimum absolute atomic E-state index is 0.241. The van der Waals surface area contributed by atoms with Crippen LogP contribution in [0.5, 0.6) is 0 Å². The first kappa shape index (κ1) is 14.2. The van der Waals surface area contributed by atoms with E-state index in [2.05, 4.69) is 20.7 Å². The molecule has 0 radical (unpaired) electrons. The summed E-state index contributed by atoms with van der Waals surface area (Å²) in [5.74, 6) is -0.516. The molecule has 0 atom stereocenters. The van der Waals surface area contributed by atoms with Crippen LogP contribution in [0, 0.1) is 0 Å². The van der Waals surface area contributed by atoms with Crippen molar-refractivity contribution in [2.75, 3.05) is 6.61 Å². The maximum Gasteiger partial charge on any atom is 0.332 e. The van der Waals surface area contributed by atoms with E-state index in [-0.39, 0.29) is 11.7 Å². The summed E-state index contributed by atoms with van der Waals surface area (Å²) in [7, 11) is 0. The van der Waals surface area contributed by atoms with Crippen LogP contribution in [-0.4, -0.2) is 33.7 Å². The highest BCUT2D eigenvalue weighted by atomic mass is 32.2. The van der Waals surface area contributed by atoms with Crippen molar-refractivity contribution in [3.63, 3.8) is 0 Å². The van der Waals surface area contributed by atoms with Gasteiger partial charge in [0.2, 0.25) is 0 Å². The quantitative estimate of drug-likeness (QED) is 0.265. The zero-order valence-corrected chi connectivity index (χ0v) is 11.1. The summed E-state index contributed by atoms with van der Waals surface area (Å²) in [6.45, 7) is 5.60. The lowest BCUT2D eigenvalue weighted by Gasteiger charge is -1.98. The number of hydrogen-bond acceptors (Lipinski definition) is 7. The van der Waals surface area contributed by atoms with Gasteiger partial charge in [-0.3, -0.25) is 0 Å². The molecule has 98 valence electrons. The molecule has 0 aromatic heterocycles. The molecule has 0 aromatic carbocycles. The fourth-order valence-electron chi connectivity index (χ4n) is 1.01. The standard InChI is InChI=1S/C10H14N4O3S/c1-4-17-8(15)5-7-9(14-16)18-10(11-7)13-12-6(2)3/h5,16H,4H2,1-3H3,(H,11,13). The van der Waals surface area contributed by atoms with Crippen molar-refractivity contribution >= 4 is 33.7 Å². The van der Waals surface area contributed by atoms with Crippen LogP contribution in [0.15, 0.2) is 27.1 Å². The van der Waals surface area contributed by atoms with Gasteiger partial charge in [-0.1, -0.05) is 5.16 Å². The smallest absolute Gasteiger partial charge is 0.332 e. The number of oxime groups is 1. The largest absolute Gasteiger partial charge is 0.463 e. The molecule has 2 N–H and O–H groups in total. The van der Waals surface area contributed by atoms with Crippen molar-refractivity contribution in [3.05, 3.63) is 11.8 Å². The minimum Gasteiger partial charge on any atom is -0.463 e. The molecule has 0 spiro atoms. The van der Waals surface area contributed by atoms with Gasteiger partial charge < -0.3 is 15.3 Å². The molecular formula is C10H14N4O3S. The van der Waals surface area contributed by atoms with Gasteiger partial charge in [0.05, 0.1) is 12.3 Å². The Bertz CT molecular complexity index is 450. The van der Waals surface area contributed by atoms with Gasteiger partial charge in [0.15, 0.2) is 10.2 Å². The van der Waals surface area contributed by atoms with E-state index < -0.39 is 5.97 Å². The van der Waals surface area contributed by atoms with Crippen molar-refractivity contribution < 1.29 is 14.7 Å². The maximum absolute atomic E-state index is 11.3. The number of nitrogens with one attached hydrogen (secondary N) is 1. The van der Waals surface area contributed by atoms with Crippen molar-refractivity contribution in [2.45, 2.75) is 20.8 Å². The van der Waals surface area contributed by atoms with Crippen molar-refractivity contribution in [3.8, 4) is 0 Å². The predicted molar refractivity (Wildman–Crippen MR) is 70.9 cm³/mol. The molecule has 1 fully saturated rings. The average Bonchev–Trinajstić information content (AvgIpc) is 2.69. The van der Waals surface area contributed by atoms with Crippen molar-refractivity contribution in [1.29, 1.82) is 0 Å². The van der Waals surface area contributed by atoms with E-state index in [1.165, 1.54) is 6.08 Å². The molecule has 1 aliphatic rings. The van der Waals surface area contributed by atoms with Crippen LogP contribution in [0.2, 0.25) is 0 Å². The van der Waals surface area contributed by atoms with E-state index in [0.717, 1.165) is 17.5 Å². The molecular weight excluding hydrogens is 256 g/mol. The summed E-state index contributed by atoms with van der Waals surface area (Å²) in [5.41, 5.74) is 1.12. The number of hydrogen-bond donors (Lipinski definition) is 2. The lowest BCUT2D eigenvalue weighted by atomic mass is 10.4. The summed E-state index contributed by atoms with van der Waals surface area (Å²) in [6.07, 6.45) is 1.20. The van der Waals surface area contributed by atoms with Gasteiger partial charge in [0.1, 0.15) is 0 Å². The lowest BCUT2D eigenvalue weighted by molar-refractivity contribution is -0.137. The van der Waals surface area contributed by atoms with Crippen LogP contribution < -0.4 is 5.32 Å². The number of esters is 1. The Kier molecular flexibility index (Phi) is 5.37. The van der Waals surface area contributed by atoms with Crippen LogP contribution in [-0.2, 0) is 9.53 Å². The topological polar surface area (TPSA) is 95.6 Å². The second kappa shape index (κ2) is 6.80. The molecule has 18 heavy (non-hydrogen) atoms.